The highest BCUT2D eigenvalue weighted by Gasteiger charge is 2.30. The third kappa shape index (κ3) is 5.05. The van der Waals surface area contributed by atoms with Crippen LogP contribution in [0.4, 0.5) is 16.2 Å². The lowest BCUT2D eigenvalue weighted by Crippen LogP contribution is -2.44. The minimum absolute atomic E-state index is 0.0117. The minimum atomic E-state index is -1.21. The van der Waals surface area contributed by atoms with E-state index < -0.39 is 23.0 Å². The Hall–Kier alpha value is -4.20. The van der Waals surface area contributed by atoms with E-state index in [1.807, 2.05) is 18.2 Å². The van der Waals surface area contributed by atoms with E-state index in [2.05, 4.69) is 0 Å². The molecule has 0 saturated heterocycles. The van der Waals surface area contributed by atoms with Crippen LogP contribution in [0.15, 0.2) is 78.9 Å². The molecule has 0 fully saturated rings. The Labute approximate surface area is 178 Å². The van der Waals surface area contributed by atoms with Crippen LogP contribution in [-0.4, -0.2) is 28.1 Å². The van der Waals surface area contributed by atoms with E-state index in [0.717, 1.165) is 10.5 Å². The standard InChI is InChI=1S/C23H20N2O6/c1-16(22(26)27)24(23(28)31-15-17-7-3-2-4-8-17)21-10-6-5-9-20(21)18-11-13-19(14-12-18)25(29)30/h2-14,16H,15H2,1H3,(H,26,27)/t16-/m0/s1. The van der Waals surface area contributed by atoms with E-state index in [1.54, 1.807) is 48.5 Å². The second-order valence-electron chi connectivity index (χ2n) is 6.75. The second kappa shape index (κ2) is 9.53. The van der Waals surface area contributed by atoms with Crippen molar-refractivity contribution in [3.05, 3.63) is 94.5 Å². The van der Waals surface area contributed by atoms with E-state index in [9.17, 15) is 24.8 Å². The highest BCUT2D eigenvalue weighted by atomic mass is 16.6. The Morgan fingerprint density at radius 3 is 2.23 bits per heavy atom. The number of carboxylic acids is 1. The number of aliphatic carboxylic acids is 1. The highest BCUT2D eigenvalue weighted by molar-refractivity contribution is 5.99. The molecule has 158 valence electrons. The lowest BCUT2D eigenvalue weighted by molar-refractivity contribution is -0.384. The van der Waals surface area contributed by atoms with Crippen LogP contribution in [0.25, 0.3) is 11.1 Å². The summed E-state index contributed by atoms with van der Waals surface area (Å²) in [6.07, 6.45) is -0.812. The Kier molecular flexibility index (Phi) is 6.61. The number of amides is 1. The summed E-state index contributed by atoms with van der Waals surface area (Å²) in [5, 5.41) is 20.5. The topological polar surface area (TPSA) is 110 Å². The zero-order chi connectivity index (χ0) is 22.4. The number of nitro groups is 1. The van der Waals surface area contributed by atoms with Gasteiger partial charge in [-0.05, 0) is 36.2 Å². The number of carbonyl (C=O) groups is 2. The Bertz CT molecular complexity index is 1080. The fourth-order valence-corrected chi connectivity index (χ4v) is 3.05. The number of non-ortho nitro benzene ring substituents is 1. The molecule has 3 rings (SSSR count). The van der Waals surface area contributed by atoms with Gasteiger partial charge < -0.3 is 9.84 Å². The van der Waals surface area contributed by atoms with E-state index in [-0.39, 0.29) is 12.3 Å². The number of para-hydroxylation sites is 1. The fraction of sp³-hybridized carbons (Fsp3) is 0.130. The first-order chi connectivity index (χ1) is 14.9. The van der Waals surface area contributed by atoms with Gasteiger partial charge in [0.25, 0.3) is 5.69 Å². The summed E-state index contributed by atoms with van der Waals surface area (Å²) >= 11 is 0. The van der Waals surface area contributed by atoms with Crippen LogP contribution in [-0.2, 0) is 16.1 Å². The van der Waals surface area contributed by atoms with Gasteiger partial charge in [0, 0.05) is 17.7 Å². The molecule has 0 aliphatic heterocycles. The minimum Gasteiger partial charge on any atom is -0.480 e. The Balaban J connectivity index is 1.97. The van der Waals surface area contributed by atoms with Crippen molar-refractivity contribution in [1.29, 1.82) is 0 Å². The van der Waals surface area contributed by atoms with Crippen molar-refractivity contribution < 1.29 is 24.4 Å². The molecule has 0 aliphatic carbocycles. The zero-order valence-electron chi connectivity index (χ0n) is 16.7. The molecular formula is C23H20N2O6. The summed E-state index contributed by atoms with van der Waals surface area (Å²) in [7, 11) is 0. The van der Waals surface area contributed by atoms with Crippen LogP contribution in [0.3, 0.4) is 0 Å². The van der Waals surface area contributed by atoms with Crippen molar-refractivity contribution in [3.8, 4) is 11.1 Å². The molecule has 0 aromatic heterocycles. The van der Waals surface area contributed by atoms with E-state index >= 15 is 0 Å². The average molecular weight is 420 g/mol. The van der Waals surface area contributed by atoms with Crippen molar-refractivity contribution in [2.45, 2.75) is 19.6 Å². The van der Waals surface area contributed by atoms with E-state index in [0.29, 0.717) is 16.8 Å². The Morgan fingerprint density at radius 1 is 1.00 bits per heavy atom. The van der Waals surface area contributed by atoms with Gasteiger partial charge in [0.05, 0.1) is 10.6 Å². The van der Waals surface area contributed by atoms with Gasteiger partial charge in [0.15, 0.2) is 0 Å². The van der Waals surface area contributed by atoms with Gasteiger partial charge in [-0.3, -0.25) is 15.0 Å². The normalized spacial score (nSPS) is 11.4. The molecule has 0 heterocycles. The predicted octanol–water partition coefficient (Wildman–Crippen LogP) is 4.88. The number of hydrogen-bond donors (Lipinski definition) is 1. The number of carbonyl (C=O) groups excluding carboxylic acids is 1. The molecule has 0 aliphatic rings. The number of hydrogen-bond acceptors (Lipinski definition) is 5. The maximum absolute atomic E-state index is 12.9. The first-order valence-corrected chi connectivity index (χ1v) is 9.45. The highest BCUT2D eigenvalue weighted by Crippen LogP contribution is 2.33. The van der Waals surface area contributed by atoms with Gasteiger partial charge in [-0.1, -0.05) is 48.5 Å². The molecule has 0 radical (unpaired) electrons. The number of nitro benzene ring substituents is 1. The molecule has 1 amide bonds. The third-order valence-electron chi connectivity index (χ3n) is 4.70. The van der Waals surface area contributed by atoms with Crippen LogP contribution < -0.4 is 4.90 Å². The van der Waals surface area contributed by atoms with E-state index in [1.165, 1.54) is 19.1 Å². The van der Waals surface area contributed by atoms with Gasteiger partial charge in [0.1, 0.15) is 12.6 Å². The average Bonchev–Trinajstić information content (AvgIpc) is 2.79. The first-order valence-electron chi connectivity index (χ1n) is 9.45. The maximum atomic E-state index is 12.9. The lowest BCUT2D eigenvalue weighted by atomic mass is 10.0. The summed E-state index contributed by atoms with van der Waals surface area (Å²) in [5.41, 5.74) is 2.16. The molecule has 31 heavy (non-hydrogen) atoms. The zero-order valence-corrected chi connectivity index (χ0v) is 16.7. The van der Waals surface area contributed by atoms with Crippen LogP contribution >= 0.6 is 0 Å². The molecule has 0 saturated carbocycles. The largest absolute Gasteiger partial charge is 0.480 e. The van der Waals surface area contributed by atoms with E-state index in [4.69, 9.17) is 4.74 Å². The summed E-state index contributed by atoms with van der Waals surface area (Å²) in [6, 6.07) is 20.4. The number of benzene rings is 3. The van der Waals surface area contributed by atoms with Gasteiger partial charge >= 0.3 is 12.1 Å². The summed E-state index contributed by atoms with van der Waals surface area (Å²) < 4.78 is 5.39. The molecular weight excluding hydrogens is 400 g/mol. The second-order valence-corrected chi connectivity index (χ2v) is 6.75. The van der Waals surface area contributed by atoms with Crippen molar-refractivity contribution in [2.24, 2.45) is 0 Å². The van der Waals surface area contributed by atoms with Gasteiger partial charge in [0.2, 0.25) is 0 Å². The molecule has 0 spiro atoms. The lowest BCUT2D eigenvalue weighted by Gasteiger charge is -2.28. The molecule has 0 unspecified atom stereocenters. The summed E-state index contributed by atoms with van der Waals surface area (Å²) in [5.74, 6) is -1.20. The molecule has 3 aromatic carbocycles. The van der Waals surface area contributed by atoms with Crippen molar-refractivity contribution in [2.75, 3.05) is 4.90 Å². The molecule has 8 heteroatoms. The first kappa shape index (κ1) is 21.5. The van der Waals surface area contributed by atoms with Crippen molar-refractivity contribution in [1.82, 2.24) is 0 Å². The Morgan fingerprint density at radius 2 is 1.61 bits per heavy atom. The fourth-order valence-electron chi connectivity index (χ4n) is 3.05. The quantitative estimate of drug-likeness (QED) is 0.431. The van der Waals surface area contributed by atoms with Crippen LogP contribution in [0, 0.1) is 10.1 Å². The number of carboxylic acid groups (broad SMARTS) is 1. The summed E-state index contributed by atoms with van der Waals surface area (Å²) in [6.45, 7) is 1.38. The summed E-state index contributed by atoms with van der Waals surface area (Å²) in [4.78, 5) is 36.2. The molecule has 1 atom stereocenters. The van der Waals surface area contributed by atoms with Crippen LogP contribution in [0.1, 0.15) is 12.5 Å². The van der Waals surface area contributed by atoms with Crippen LogP contribution in [0.2, 0.25) is 0 Å². The van der Waals surface area contributed by atoms with Crippen molar-refractivity contribution in [3.63, 3.8) is 0 Å². The van der Waals surface area contributed by atoms with Gasteiger partial charge in [-0.25, -0.2) is 9.59 Å². The molecule has 8 nitrogen and oxygen atoms in total. The number of rotatable bonds is 7. The molecule has 3 aromatic rings. The van der Waals surface area contributed by atoms with Crippen LogP contribution in [0.5, 0.6) is 0 Å². The number of anilines is 1. The monoisotopic (exact) mass is 420 g/mol. The number of nitrogens with zero attached hydrogens (tertiary/aromatic N) is 2. The number of ether oxygens (including phenoxy) is 1. The predicted molar refractivity (Wildman–Crippen MR) is 115 cm³/mol. The SMILES string of the molecule is C[C@@H](C(=O)O)N(C(=O)OCc1ccccc1)c1ccccc1-c1ccc([N+](=O)[O-])cc1. The maximum Gasteiger partial charge on any atom is 0.415 e. The smallest absolute Gasteiger partial charge is 0.415 e. The third-order valence-corrected chi connectivity index (χ3v) is 4.70. The molecule has 0 bridgehead atoms. The van der Waals surface area contributed by atoms with Crippen molar-refractivity contribution >= 4 is 23.4 Å². The van der Waals surface area contributed by atoms with Gasteiger partial charge in [-0.2, -0.15) is 0 Å². The van der Waals surface area contributed by atoms with Gasteiger partial charge in [-0.15, -0.1) is 0 Å². The molecule has 1 N–H and O–H groups in total.